The summed E-state index contributed by atoms with van der Waals surface area (Å²) in [6.45, 7) is 1.48. The molecule has 1 fully saturated rings. The van der Waals surface area contributed by atoms with E-state index in [2.05, 4.69) is 5.32 Å². The summed E-state index contributed by atoms with van der Waals surface area (Å²) in [5.74, 6) is -2.76. The van der Waals surface area contributed by atoms with Crippen LogP contribution in [0, 0.1) is 17.6 Å². The zero-order valence-electron chi connectivity index (χ0n) is 11.7. The summed E-state index contributed by atoms with van der Waals surface area (Å²) in [5, 5.41) is 11.7. The van der Waals surface area contributed by atoms with Crippen molar-refractivity contribution < 1.29 is 23.5 Å². The van der Waals surface area contributed by atoms with Crippen molar-refractivity contribution in [2.45, 2.75) is 38.1 Å². The van der Waals surface area contributed by atoms with Gasteiger partial charge in [-0.1, -0.05) is 0 Å². The minimum atomic E-state index is -1.28. The van der Waals surface area contributed by atoms with Crippen LogP contribution in [-0.4, -0.2) is 22.5 Å². The van der Waals surface area contributed by atoms with Gasteiger partial charge in [-0.25, -0.2) is 13.6 Å². The molecule has 0 spiro atoms. The van der Waals surface area contributed by atoms with Crippen molar-refractivity contribution >= 4 is 11.9 Å². The molecule has 6 heteroatoms. The molecule has 1 aliphatic carbocycles. The molecule has 0 heterocycles. The van der Waals surface area contributed by atoms with Crippen LogP contribution in [0.2, 0.25) is 0 Å². The number of carbonyl (C=O) groups excluding carboxylic acids is 1. The van der Waals surface area contributed by atoms with E-state index in [-0.39, 0.29) is 24.3 Å². The van der Waals surface area contributed by atoms with Gasteiger partial charge in [0.25, 0.3) is 0 Å². The molecule has 2 N–H and O–H groups in total. The van der Waals surface area contributed by atoms with Crippen LogP contribution >= 0.6 is 0 Å². The maximum absolute atomic E-state index is 13.4. The van der Waals surface area contributed by atoms with Crippen LogP contribution in [0.25, 0.3) is 0 Å². The van der Waals surface area contributed by atoms with Crippen LogP contribution in [0.3, 0.4) is 0 Å². The Morgan fingerprint density at radius 3 is 2.62 bits per heavy atom. The number of rotatable bonds is 6. The Morgan fingerprint density at radius 1 is 1.38 bits per heavy atom. The highest BCUT2D eigenvalue weighted by Gasteiger charge is 2.48. The zero-order chi connectivity index (χ0) is 15.6. The van der Waals surface area contributed by atoms with Crippen molar-refractivity contribution in [2.24, 2.45) is 5.92 Å². The lowest BCUT2D eigenvalue weighted by atomic mass is 9.95. The number of hydrogen-bond acceptors (Lipinski definition) is 2. The van der Waals surface area contributed by atoms with E-state index in [1.165, 1.54) is 6.92 Å². The number of carbonyl (C=O) groups is 2. The molecule has 0 radical (unpaired) electrons. The molecular formula is C15H17F2NO3. The van der Waals surface area contributed by atoms with E-state index in [1.54, 1.807) is 0 Å². The molecule has 0 aromatic heterocycles. The Balaban J connectivity index is 1.95. The Labute approximate surface area is 121 Å². The second-order valence-corrected chi connectivity index (χ2v) is 5.57. The number of aryl methyl sites for hydroxylation is 1. The van der Waals surface area contributed by atoms with Crippen molar-refractivity contribution in [3.63, 3.8) is 0 Å². The maximum Gasteiger partial charge on any atom is 0.329 e. The smallest absolute Gasteiger partial charge is 0.329 e. The molecule has 0 bridgehead atoms. The maximum atomic E-state index is 13.4. The average molecular weight is 297 g/mol. The molecule has 1 atom stereocenters. The number of aliphatic carboxylic acids is 1. The van der Waals surface area contributed by atoms with Crippen molar-refractivity contribution in [2.75, 3.05) is 0 Å². The average Bonchev–Trinajstić information content (AvgIpc) is 3.24. The lowest BCUT2D eigenvalue weighted by Crippen LogP contribution is -2.54. The summed E-state index contributed by atoms with van der Waals surface area (Å²) in [4.78, 5) is 23.2. The van der Waals surface area contributed by atoms with E-state index in [4.69, 9.17) is 0 Å². The largest absolute Gasteiger partial charge is 0.480 e. The minimum absolute atomic E-state index is 0.0236. The van der Waals surface area contributed by atoms with Gasteiger partial charge >= 0.3 is 5.97 Å². The Morgan fingerprint density at radius 2 is 2.05 bits per heavy atom. The van der Waals surface area contributed by atoms with E-state index >= 15 is 0 Å². The number of hydrogen-bond donors (Lipinski definition) is 2. The third-order valence-electron chi connectivity index (χ3n) is 3.87. The number of halogens is 2. The van der Waals surface area contributed by atoms with E-state index < -0.39 is 29.0 Å². The van der Waals surface area contributed by atoms with Gasteiger partial charge in [0.15, 0.2) is 0 Å². The highest BCUT2D eigenvalue weighted by molar-refractivity contribution is 5.87. The van der Waals surface area contributed by atoms with Crippen molar-refractivity contribution in [1.82, 2.24) is 5.32 Å². The fraction of sp³-hybridized carbons (Fsp3) is 0.467. The van der Waals surface area contributed by atoms with Crippen LogP contribution in [0.15, 0.2) is 18.2 Å². The topological polar surface area (TPSA) is 66.4 Å². The monoisotopic (exact) mass is 297 g/mol. The molecule has 0 saturated heterocycles. The number of amides is 1. The van der Waals surface area contributed by atoms with Gasteiger partial charge in [-0.05, 0) is 55.9 Å². The van der Waals surface area contributed by atoms with Gasteiger partial charge in [-0.3, -0.25) is 4.79 Å². The molecule has 1 aliphatic rings. The molecule has 21 heavy (non-hydrogen) atoms. The van der Waals surface area contributed by atoms with E-state index in [1.807, 2.05) is 0 Å². The molecule has 1 amide bonds. The first-order valence-corrected chi connectivity index (χ1v) is 6.81. The number of carboxylic acid groups (broad SMARTS) is 1. The molecule has 0 aliphatic heterocycles. The molecular weight excluding hydrogens is 280 g/mol. The Hall–Kier alpha value is -1.98. The predicted octanol–water partition coefficient (Wildman–Crippen LogP) is 2.27. The molecule has 114 valence electrons. The van der Waals surface area contributed by atoms with E-state index in [9.17, 15) is 23.5 Å². The van der Waals surface area contributed by atoms with Gasteiger partial charge < -0.3 is 10.4 Å². The highest BCUT2D eigenvalue weighted by Crippen LogP contribution is 2.39. The third kappa shape index (κ3) is 3.56. The van der Waals surface area contributed by atoms with Crippen molar-refractivity contribution in [3.05, 3.63) is 35.4 Å². The summed E-state index contributed by atoms with van der Waals surface area (Å²) < 4.78 is 26.4. The van der Waals surface area contributed by atoms with Gasteiger partial charge in [0.05, 0.1) is 0 Å². The van der Waals surface area contributed by atoms with E-state index in [0.717, 1.165) is 31.0 Å². The second kappa shape index (κ2) is 5.79. The van der Waals surface area contributed by atoms with Gasteiger partial charge in [0.1, 0.15) is 17.2 Å². The zero-order valence-corrected chi connectivity index (χ0v) is 11.7. The number of nitrogens with one attached hydrogen (secondary N) is 1. The van der Waals surface area contributed by atoms with Crippen LogP contribution in [0.5, 0.6) is 0 Å². The SMILES string of the molecule is C[C@@](NC(=O)CCc1cc(F)ccc1F)(C(=O)O)C1CC1. The molecule has 1 saturated carbocycles. The predicted molar refractivity (Wildman–Crippen MR) is 71.6 cm³/mol. The van der Waals surface area contributed by atoms with Crippen molar-refractivity contribution in [1.29, 1.82) is 0 Å². The molecule has 4 nitrogen and oxygen atoms in total. The first-order valence-electron chi connectivity index (χ1n) is 6.81. The lowest BCUT2D eigenvalue weighted by molar-refractivity contribution is -0.147. The van der Waals surface area contributed by atoms with Gasteiger partial charge in [0, 0.05) is 6.42 Å². The third-order valence-corrected chi connectivity index (χ3v) is 3.87. The number of carboxylic acids is 1. The van der Waals surface area contributed by atoms with Crippen LogP contribution in [-0.2, 0) is 16.0 Å². The summed E-state index contributed by atoms with van der Waals surface area (Å²) in [6, 6.07) is 3.06. The first-order chi connectivity index (χ1) is 9.83. The lowest BCUT2D eigenvalue weighted by Gasteiger charge is -2.26. The van der Waals surface area contributed by atoms with Gasteiger partial charge in [-0.2, -0.15) is 0 Å². The fourth-order valence-corrected chi connectivity index (χ4v) is 2.33. The van der Waals surface area contributed by atoms with Crippen LogP contribution in [0.4, 0.5) is 8.78 Å². The molecule has 1 aromatic carbocycles. The summed E-state index contributed by atoms with van der Waals surface area (Å²) in [5.41, 5.74) is -1.18. The Bertz CT molecular complexity index is 572. The Kier molecular flexibility index (Phi) is 4.25. The van der Waals surface area contributed by atoms with E-state index in [0.29, 0.717) is 0 Å². The summed E-state index contributed by atoms with van der Waals surface area (Å²) in [6.07, 6.45) is 1.47. The normalized spacial score (nSPS) is 17.1. The molecule has 1 aromatic rings. The highest BCUT2D eigenvalue weighted by atomic mass is 19.1. The first kappa shape index (κ1) is 15.4. The standard InChI is InChI=1S/C15H17F2NO3/c1-15(14(20)21,10-3-4-10)18-13(19)7-2-9-8-11(16)5-6-12(9)17/h5-6,8,10H,2-4,7H2,1H3,(H,18,19)(H,20,21)/t15-/m0/s1. The molecule has 0 unspecified atom stereocenters. The summed E-state index contributed by atoms with van der Waals surface area (Å²) >= 11 is 0. The van der Waals surface area contributed by atoms with Gasteiger partial charge in [0.2, 0.25) is 5.91 Å². The summed E-state index contributed by atoms with van der Waals surface area (Å²) in [7, 11) is 0. The number of benzene rings is 1. The minimum Gasteiger partial charge on any atom is -0.480 e. The van der Waals surface area contributed by atoms with Crippen molar-refractivity contribution in [3.8, 4) is 0 Å². The fourth-order valence-electron chi connectivity index (χ4n) is 2.33. The quantitative estimate of drug-likeness (QED) is 0.846. The second-order valence-electron chi connectivity index (χ2n) is 5.57. The van der Waals surface area contributed by atoms with Crippen LogP contribution in [0.1, 0.15) is 31.7 Å². The molecule has 2 rings (SSSR count). The van der Waals surface area contributed by atoms with Gasteiger partial charge in [-0.15, -0.1) is 0 Å². The van der Waals surface area contributed by atoms with Crippen LogP contribution < -0.4 is 5.32 Å².